The number of aliphatic hydroxyl groups is 1. The quantitative estimate of drug-likeness (QED) is 0.467. The van der Waals surface area contributed by atoms with Crippen molar-refractivity contribution in [3.8, 4) is 0 Å². The first-order valence-corrected chi connectivity index (χ1v) is 10.0. The SMILES string of the molecule is C[C@]1(O)CC2(CCN(C(=O)[C@@H](N)CCC(=O)O)CC2)OC[C@@H]1n1ccc(N)nc1=O. The number of hydrogen-bond acceptors (Lipinski definition) is 8. The smallest absolute Gasteiger partial charge is 0.349 e. The predicted molar refractivity (Wildman–Crippen MR) is 107 cm³/mol. The van der Waals surface area contributed by atoms with Gasteiger partial charge in [-0.15, -0.1) is 0 Å². The van der Waals surface area contributed by atoms with Gasteiger partial charge in [-0.3, -0.25) is 14.2 Å². The summed E-state index contributed by atoms with van der Waals surface area (Å²) >= 11 is 0. The van der Waals surface area contributed by atoms with Gasteiger partial charge >= 0.3 is 11.7 Å². The Morgan fingerprint density at radius 3 is 2.63 bits per heavy atom. The number of likely N-dealkylation sites (tertiary alicyclic amines) is 1. The third kappa shape index (κ3) is 4.63. The van der Waals surface area contributed by atoms with E-state index in [1.54, 1.807) is 11.8 Å². The fourth-order valence-electron chi connectivity index (χ4n) is 4.39. The molecule has 0 bridgehead atoms. The van der Waals surface area contributed by atoms with Gasteiger partial charge in [0, 0.05) is 32.1 Å². The first-order chi connectivity index (χ1) is 14.0. The molecule has 3 heterocycles. The van der Waals surface area contributed by atoms with Crippen LogP contribution >= 0.6 is 0 Å². The van der Waals surface area contributed by atoms with E-state index in [9.17, 15) is 19.5 Å². The molecule has 3 rings (SSSR count). The lowest BCUT2D eigenvalue weighted by molar-refractivity contribution is -0.198. The molecule has 1 amide bonds. The minimum absolute atomic E-state index is 0.0904. The molecule has 3 atom stereocenters. The molecule has 2 aliphatic rings. The molecule has 11 nitrogen and oxygen atoms in total. The lowest BCUT2D eigenvalue weighted by atomic mass is 9.75. The highest BCUT2D eigenvalue weighted by Crippen LogP contribution is 2.43. The lowest BCUT2D eigenvalue weighted by Crippen LogP contribution is -2.59. The van der Waals surface area contributed by atoms with Crippen molar-refractivity contribution >= 4 is 17.7 Å². The molecule has 1 spiro atoms. The van der Waals surface area contributed by atoms with Crippen molar-refractivity contribution < 1.29 is 24.5 Å². The second-order valence-corrected chi connectivity index (χ2v) is 8.45. The van der Waals surface area contributed by atoms with Crippen molar-refractivity contribution in [3.05, 3.63) is 22.7 Å². The lowest BCUT2D eigenvalue weighted by Gasteiger charge is -2.51. The van der Waals surface area contributed by atoms with Crippen LogP contribution in [0.5, 0.6) is 0 Å². The Balaban J connectivity index is 1.63. The first kappa shape index (κ1) is 22.2. The zero-order valence-electron chi connectivity index (χ0n) is 17.0. The van der Waals surface area contributed by atoms with Gasteiger partial charge < -0.3 is 31.3 Å². The monoisotopic (exact) mass is 423 g/mol. The van der Waals surface area contributed by atoms with Crippen LogP contribution in [0.2, 0.25) is 0 Å². The maximum absolute atomic E-state index is 12.5. The third-order valence-electron chi connectivity index (χ3n) is 6.11. The van der Waals surface area contributed by atoms with Gasteiger partial charge in [-0.1, -0.05) is 0 Å². The van der Waals surface area contributed by atoms with Gasteiger partial charge in [-0.2, -0.15) is 4.98 Å². The van der Waals surface area contributed by atoms with Crippen LogP contribution in [0.3, 0.4) is 0 Å². The normalized spacial score (nSPS) is 27.0. The number of nitrogens with two attached hydrogens (primary N) is 2. The maximum Gasteiger partial charge on any atom is 0.349 e. The molecular formula is C19H29N5O6. The number of aliphatic carboxylic acids is 1. The Hall–Kier alpha value is -2.50. The number of carboxylic acid groups (broad SMARTS) is 1. The van der Waals surface area contributed by atoms with Crippen molar-refractivity contribution in [2.45, 2.75) is 62.3 Å². The van der Waals surface area contributed by atoms with Crippen molar-refractivity contribution in [3.63, 3.8) is 0 Å². The summed E-state index contributed by atoms with van der Waals surface area (Å²) in [5, 5.41) is 19.9. The average Bonchev–Trinajstić information content (AvgIpc) is 2.66. The number of carbonyl (C=O) groups excluding carboxylic acids is 1. The average molecular weight is 423 g/mol. The van der Waals surface area contributed by atoms with Crippen LogP contribution in [-0.2, 0) is 14.3 Å². The summed E-state index contributed by atoms with van der Waals surface area (Å²) in [6.45, 7) is 2.61. The van der Waals surface area contributed by atoms with E-state index in [-0.39, 0.29) is 31.2 Å². The van der Waals surface area contributed by atoms with Crippen molar-refractivity contribution in [1.82, 2.24) is 14.5 Å². The predicted octanol–water partition coefficient (Wildman–Crippen LogP) is -0.909. The molecular weight excluding hydrogens is 394 g/mol. The van der Waals surface area contributed by atoms with E-state index in [2.05, 4.69) is 4.98 Å². The number of nitrogens with zero attached hydrogens (tertiary/aromatic N) is 3. The number of nitrogen functional groups attached to an aromatic ring is 1. The van der Waals surface area contributed by atoms with Crippen molar-refractivity contribution in [2.24, 2.45) is 5.73 Å². The van der Waals surface area contributed by atoms with Crippen LogP contribution in [0.15, 0.2) is 17.1 Å². The Bertz CT molecular complexity index is 861. The number of rotatable bonds is 5. The second-order valence-electron chi connectivity index (χ2n) is 8.45. The number of ether oxygens (including phenoxy) is 1. The number of piperidine rings is 1. The molecule has 0 unspecified atom stereocenters. The number of carboxylic acids is 1. The van der Waals surface area contributed by atoms with Crippen LogP contribution < -0.4 is 17.2 Å². The molecule has 0 saturated carbocycles. The molecule has 2 saturated heterocycles. The summed E-state index contributed by atoms with van der Waals surface area (Å²) in [6, 6.07) is 0.0483. The minimum atomic E-state index is -1.22. The molecule has 1 aromatic rings. The highest BCUT2D eigenvalue weighted by atomic mass is 16.5. The highest BCUT2D eigenvalue weighted by Gasteiger charge is 2.50. The van der Waals surface area contributed by atoms with E-state index in [1.165, 1.54) is 16.8 Å². The molecule has 6 N–H and O–H groups in total. The topological polar surface area (TPSA) is 174 Å². The van der Waals surface area contributed by atoms with Crippen LogP contribution in [0.25, 0.3) is 0 Å². The van der Waals surface area contributed by atoms with Crippen LogP contribution in [0, 0.1) is 0 Å². The fourth-order valence-corrected chi connectivity index (χ4v) is 4.39. The number of hydrogen-bond donors (Lipinski definition) is 4. The van der Waals surface area contributed by atoms with E-state index in [0.29, 0.717) is 32.4 Å². The number of carbonyl (C=O) groups is 2. The van der Waals surface area contributed by atoms with Gasteiger partial charge in [0.05, 0.1) is 29.9 Å². The number of anilines is 1. The van der Waals surface area contributed by atoms with Gasteiger partial charge in [0.2, 0.25) is 5.91 Å². The molecule has 0 aromatic carbocycles. The molecule has 2 fully saturated rings. The Labute approximate surface area is 173 Å². The summed E-state index contributed by atoms with van der Waals surface area (Å²) in [4.78, 5) is 40.7. The Morgan fingerprint density at radius 2 is 2.07 bits per heavy atom. The summed E-state index contributed by atoms with van der Waals surface area (Å²) < 4.78 is 7.47. The maximum atomic E-state index is 12.5. The molecule has 30 heavy (non-hydrogen) atoms. The second kappa shape index (κ2) is 8.32. The van der Waals surface area contributed by atoms with E-state index < -0.39 is 34.9 Å². The van der Waals surface area contributed by atoms with Crippen LogP contribution in [0.1, 0.15) is 45.1 Å². The van der Waals surface area contributed by atoms with E-state index in [0.717, 1.165) is 0 Å². The van der Waals surface area contributed by atoms with Gasteiger partial charge in [-0.05, 0) is 32.3 Å². The van der Waals surface area contributed by atoms with Crippen molar-refractivity contribution in [1.29, 1.82) is 0 Å². The molecule has 166 valence electrons. The summed E-state index contributed by atoms with van der Waals surface area (Å²) in [5.74, 6) is -1.15. The number of aromatic nitrogens is 2. The van der Waals surface area contributed by atoms with E-state index in [1.807, 2.05) is 0 Å². The summed E-state index contributed by atoms with van der Waals surface area (Å²) in [5.41, 5.74) is 9.02. The summed E-state index contributed by atoms with van der Waals surface area (Å²) in [7, 11) is 0. The molecule has 0 radical (unpaired) electrons. The summed E-state index contributed by atoms with van der Waals surface area (Å²) in [6.07, 6.45) is 2.77. The standard InChI is InChI=1S/C19H29N5O6/c1-18(29)11-19(30-10-13(18)24-7-4-14(21)22-17(24)28)5-8-23(9-6-19)16(27)12(20)2-3-15(25)26/h4,7,12-13,29H,2-3,5-6,8-11,20H2,1H3,(H,25,26)(H2,21,22,28)/t12-,13-,18-/m0/s1. The molecule has 0 aliphatic carbocycles. The minimum Gasteiger partial charge on any atom is -0.481 e. The third-order valence-corrected chi connectivity index (χ3v) is 6.11. The van der Waals surface area contributed by atoms with Gasteiger partial charge in [0.25, 0.3) is 0 Å². The van der Waals surface area contributed by atoms with Gasteiger partial charge in [-0.25, -0.2) is 4.79 Å². The van der Waals surface area contributed by atoms with Crippen LogP contribution in [0.4, 0.5) is 5.82 Å². The highest BCUT2D eigenvalue weighted by molar-refractivity contribution is 5.82. The first-order valence-electron chi connectivity index (χ1n) is 10.0. The van der Waals surface area contributed by atoms with Gasteiger partial charge in [0.15, 0.2) is 0 Å². The fraction of sp³-hybridized carbons (Fsp3) is 0.684. The largest absolute Gasteiger partial charge is 0.481 e. The van der Waals surface area contributed by atoms with Crippen molar-refractivity contribution in [2.75, 3.05) is 25.4 Å². The van der Waals surface area contributed by atoms with Crippen LogP contribution in [-0.4, -0.2) is 73.5 Å². The molecule has 2 aliphatic heterocycles. The number of amides is 1. The van der Waals surface area contributed by atoms with E-state index in [4.69, 9.17) is 21.3 Å². The zero-order chi connectivity index (χ0) is 22.1. The zero-order valence-corrected chi connectivity index (χ0v) is 17.0. The van der Waals surface area contributed by atoms with Gasteiger partial charge in [0.1, 0.15) is 5.82 Å². The van der Waals surface area contributed by atoms with E-state index >= 15 is 0 Å². The molecule has 11 heteroatoms. The Kier molecular flexibility index (Phi) is 6.16. The Morgan fingerprint density at radius 1 is 1.40 bits per heavy atom. The molecule has 1 aromatic heterocycles.